The fourth-order valence-corrected chi connectivity index (χ4v) is 3.07. The summed E-state index contributed by atoms with van der Waals surface area (Å²) in [5, 5.41) is 6.02. The van der Waals surface area contributed by atoms with Crippen LogP contribution in [-0.4, -0.2) is 9.59 Å². The number of nitrogens with zero attached hydrogens (tertiary/aromatic N) is 2. The highest BCUT2D eigenvalue weighted by Gasteiger charge is 2.16. The molecule has 3 rings (SSSR count). The van der Waals surface area contributed by atoms with Crippen LogP contribution in [0.3, 0.4) is 0 Å². The first-order chi connectivity index (χ1) is 8.86. The van der Waals surface area contributed by atoms with Crippen molar-refractivity contribution >= 4 is 11.5 Å². The molecule has 18 heavy (non-hydrogen) atoms. The Bertz CT molecular complexity index is 524. The summed E-state index contributed by atoms with van der Waals surface area (Å²) < 4.78 is 3.89. The van der Waals surface area contributed by atoms with Gasteiger partial charge < -0.3 is 0 Å². The Labute approximate surface area is 110 Å². The molecule has 1 unspecified atom stereocenters. The zero-order valence-electron chi connectivity index (χ0n) is 10.1. The van der Waals surface area contributed by atoms with Crippen molar-refractivity contribution in [1.29, 1.82) is 0 Å². The van der Waals surface area contributed by atoms with Gasteiger partial charge in [0.25, 0.3) is 0 Å². The Morgan fingerprint density at radius 1 is 1.33 bits per heavy atom. The van der Waals surface area contributed by atoms with E-state index in [2.05, 4.69) is 33.2 Å². The van der Waals surface area contributed by atoms with Gasteiger partial charge in [-0.25, -0.2) is 0 Å². The quantitative estimate of drug-likeness (QED) is 0.649. The van der Waals surface area contributed by atoms with Gasteiger partial charge in [-0.2, -0.15) is 0 Å². The Morgan fingerprint density at radius 2 is 2.22 bits per heavy atom. The number of aromatic nitrogens is 2. The van der Waals surface area contributed by atoms with Crippen LogP contribution in [0.5, 0.6) is 0 Å². The minimum atomic E-state index is 0.0446. The third kappa shape index (κ3) is 2.29. The molecule has 94 valence electrons. The topological polar surface area (TPSA) is 63.8 Å². The number of aryl methyl sites for hydroxylation is 2. The van der Waals surface area contributed by atoms with Crippen molar-refractivity contribution < 1.29 is 0 Å². The zero-order chi connectivity index (χ0) is 12.4. The van der Waals surface area contributed by atoms with E-state index in [1.807, 2.05) is 5.38 Å². The third-order valence-electron chi connectivity index (χ3n) is 3.54. The molecular formula is C13H16N4S. The van der Waals surface area contributed by atoms with Gasteiger partial charge in [0.1, 0.15) is 0 Å². The van der Waals surface area contributed by atoms with Gasteiger partial charge in [-0.15, -0.1) is 5.10 Å². The lowest BCUT2D eigenvalue weighted by Gasteiger charge is -2.13. The highest BCUT2D eigenvalue weighted by molar-refractivity contribution is 7.03. The van der Waals surface area contributed by atoms with E-state index in [1.165, 1.54) is 47.5 Å². The molecule has 2 aromatic rings. The number of fused-ring (bicyclic) bond motifs is 1. The standard InChI is InChI=1S/C13H16N4S/c14-15-12(13-8-18-17-16-13)7-9-4-5-10-2-1-3-11(10)6-9/h4-6,8,12,15H,1-3,7,14H2. The van der Waals surface area contributed by atoms with E-state index in [-0.39, 0.29) is 6.04 Å². The van der Waals surface area contributed by atoms with E-state index in [0.29, 0.717) is 0 Å². The van der Waals surface area contributed by atoms with Gasteiger partial charge in [0, 0.05) is 5.38 Å². The first kappa shape index (κ1) is 11.8. The van der Waals surface area contributed by atoms with Crippen LogP contribution in [0.15, 0.2) is 23.6 Å². The molecule has 0 spiro atoms. The minimum absolute atomic E-state index is 0.0446. The van der Waals surface area contributed by atoms with E-state index in [0.717, 1.165) is 12.1 Å². The average Bonchev–Trinajstić information content (AvgIpc) is 3.06. The largest absolute Gasteiger partial charge is 0.271 e. The summed E-state index contributed by atoms with van der Waals surface area (Å²) in [6.07, 6.45) is 4.58. The summed E-state index contributed by atoms with van der Waals surface area (Å²) in [7, 11) is 0. The summed E-state index contributed by atoms with van der Waals surface area (Å²) >= 11 is 1.36. The Morgan fingerprint density at radius 3 is 3.00 bits per heavy atom. The van der Waals surface area contributed by atoms with Crippen molar-refractivity contribution in [2.45, 2.75) is 31.7 Å². The molecule has 0 saturated carbocycles. The summed E-state index contributed by atoms with van der Waals surface area (Å²) in [6.45, 7) is 0. The molecule has 0 fully saturated rings. The van der Waals surface area contributed by atoms with Crippen LogP contribution in [0.4, 0.5) is 0 Å². The van der Waals surface area contributed by atoms with Gasteiger partial charge in [0.2, 0.25) is 0 Å². The fraction of sp³-hybridized carbons (Fsp3) is 0.385. The van der Waals surface area contributed by atoms with E-state index in [4.69, 9.17) is 5.84 Å². The lowest BCUT2D eigenvalue weighted by molar-refractivity contribution is 0.537. The fourth-order valence-electron chi connectivity index (χ4n) is 2.56. The van der Waals surface area contributed by atoms with Crippen molar-refractivity contribution in [3.8, 4) is 0 Å². The smallest absolute Gasteiger partial charge is 0.0941 e. The lowest BCUT2D eigenvalue weighted by Crippen LogP contribution is -2.29. The molecule has 0 saturated heterocycles. The normalized spacial score (nSPS) is 15.6. The first-order valence-electron chi connectivity index (χ1n) is 6.20. The molecule has 1 heterocycles. The Balaban J connectivity index is 1.79. The molecule has 0 amide bonds. The summed E-state index contributed by atoms with van der Waals surface area (Å²) in [5.74, 6) is 5.61. The minimum Gasteiger partial charge on any atom is -0.271 e. The van der Waals surface area contributed by atoms with Crippen LogP contribution in [0, 0.1) is 0 Å². The number of hydrogen-bond donors (Lipinski definition) is 2. The molecule has 1 atom stereocenters. The van der Waals surface area contributed by atoms with Gasteiger partial charge >= 0.3 is 0 Å². The van der Waals surface area contributed by atoms with E-state index in [9.17, 15) is 0 Å². The van der Waals surface area contributed by atoms with Crippen LogP contribution in [0.1, 0.15) is 34.8 Å². The highest BCUT2D eigenvalue weighted by Crippen LogP contribution is 2.25. The number of hydrogen-bond acceptors (Lipinski definition) is 5. The van der Waals surface area contributed by atoms with E-state index < -0.39 is 0 Å². The molecule has 0 radical (unpaired) electrons. The van der Waals surface area contributed by atoms with Crippen LogP contribution in [0.25, 0.3) is 0 Å². The number of benzene rings is 1. The first-order valence-corrected chi connectivity index (χ1v) is 7.04. The highest BCUT2D eigenvalue weighted by atomic mass is 32.1. The Kier molecular flexibility index (Phi) is 3.36. The molecule has 5 heteroatoms. The number of hydrazine groups is 1. The number of nitrogens with two attached hydrogens (primary N) is 1. The second-order valence-corrected chi connectivity index (χ2v) is 5.32. The molecule has 1 aromatic carbocycles. The average molecular weight is 260 g/mol. The molecule has 0 bridgehead atoms. The van der Waals surface area contributed by atoms with Crippen LogP contribution < -0.4 is 11.3 Å². The molecule has 1 aliphatic carbocycles. The predicted octanol–water partition coefficient (Wildman–Crippen LogP) is 1.77. The van der Waals surface area contributed by atoms with Crippen LogP contribution in [0.2, 0.25) is 0 Å². The third-order valence-corrected chi connectivity index (χ3v) is 4.06. The summed E-state index contributed by atoms with van der Waals surface area (Å²) in [4.78, 5) is 0. The molecule has 0 aliphatic heterocycles. The van der Waals surface area contributed by atoms with Crippen molar-refractivity contribution in [3.63, 3.8) is 0 Å². The van der Waals surface area contributed by atoms with E-state index >= 15 is 0 Å². The molecular weight excluding hydrogens is 244 g/mol. The molecule has 3 N–H and O–H groups in total. The van der Waals surface area contributed by atoms with Crippen molar-refractivity contribution in [2.24, 2.45) is 5.84 Å². The maximum atomic E-state index is 5.61. The summed E-state index contributed by atoms with van der Waals surface area (Å²) in [5.41, 5.74) is 8.06. The van der Waals surface area contributed by atoms with Crippen molar-refractivity contribution in [2.75, 3.05) is 0 Å². The second-order valence-electron chi connectivity index (χ2n) is 4.71. The van der Waals surface area contributed by atoms with Gasteiger partial charge in [-0.1, -0.05) is 22.7 Å². The van der Waals surface area contributed by atoms with Crippen LogP contribution >= 0.6 is 11.5 Å². The molecule has 4 nitrogen and oxygen atoms in total. The molecule has 1 aliphatic rings. The van der Waals surface area contributed by atoms with Crippen molar-refractivity contribution in [1.82, 2.24) is 15.0 Å². The molecule has 1 aromatic heterocycles. The predicted molar refractivity (Wildman–Crippen MR) is 72.1 cm³/mol. The number of rotatable bonds is 4. The van der Waals surface area contributed by atoms with Crippen molar-refractivity contribution in [3.05, 3.63) is 46.0 Å². The zero-order valence-corrected chi connectivity index (χ0v) is 10.9. The lowest BCUT2D eigenvalue weighted by atomic mass is 10.00. The van der Waals surface area contributed by atoms with Gasteiger partial charge in [-0.3, -0.25) is 11.3 Å². The maximum absolute atomic E-state index is 5.61. The van der Waals surface area contributed by atoms with Gasteiger partial charge in [-0.05, 0) is 53.9 Å². The maximum Gasteiger partial charge on any atom is 0.0941 e. The monoisotopic (exact) mass is 260 g/mol. The summed E-state index contributed by atoms with van der Waals surface area (Å²) in [6, 6.07) is 6.81. The second kappa shape index (κ2) is 5.14. The van der Waals surface area contributed by atoms with Gasteiger partial charge in [0.05, 0.1) is 11.7 Å². The van der Waals surface area contributed by atoms with E-state index in [1.54, 1.807) is 0 Å². The SMILES string of the molecule is NNC(Cc1ccc2c(c1)CCC2)c1csnn1. The number of nitrogens with one attached hydrogen (secondary N) is 1. The van der Waals surface area contributed by atoms with Gasteiger partial charge in [0.15, 0.2) is 0 Å². The Hall–Kier alpha value is -1.30. The van der Waals surface area contributed by atoms with Crippen LogP contribution in [-0.2, 0) is 19.3 Å².